The lowest BCUT2D eigenvalue weighted by Crippen LogP contribution is -2.29. The molecule has 1 aliphatic rings. The van der Waals surface area contributed by atoms with Crippen molar-refractivity contribution in [1.29, 1.82) is 0 Å². The van der Waals surface area contributed by atoms with E-state index in [1.807, 2.05) is 0 Å². The molecule has 0 aromatic heterocycles. The van der Waals surface area contributed by atoms with Gasteiger partial charge in [0.25, 0.3) is 0 Å². The predicted octanol–water partition coefficient (Wildman–Crippen LogP) is 5.84. The zero-order chi connectivity index (χ0) is 12.7. The minimum absolute atomic E-state index is 0.754. The molecule has 1 radical (unpaired) electrons. The normalized spacial score (nSPS) is 28.7. The maximum Gasteiger partial charge on any atom is 0.0474 e. The summed E-state index contributed by atoms with van der Waals surface area (Å²) in [5, 5.41) is 0. The lowest BCUT2D eigenvalue weighted by Gasteiger charge is -2.31. The van der Waals surface area contributed by atoms with E-state index in [2.05, 4.69) is 45.1 Å². The Hall–Kier alpha value is -0.0431. The average Bonchev–Trinajstić information content (AvgIpc) is 2.36. The minimum atomic E-state index is -0.968. The smallest absolute Gasteiger partial charge is 0.0474 e. The highest BCUT2D eigenvalue weighted by molar-refractivity contribution is 6.77. The molecule has 0 nitrogen and oxygen atoms in total. The second kappa shape index (κ2) is 7.40. The molecule has 2 atom stereocenters. The summed E-state index contributed by atoms with van der Waals surface area (Å²) >= 11 is 0. The van der Waals surface area contributed by atoms with Crippen LogP contribution in [0, 0.1) is 12.3 Å². The van der Waals surface area contributed by atoms with E-state index in [9.17, 15) is 0 Å². The highest BCUT2D eigenvalue weighted by Gasteiger charge is 2.28. The van der Waals surface area contributed by atoms with E-state index in [-0.39, 0.29) is 0 Å². The Morgan fingerprint density at radius 1 is 1.18 bits per heavy atom. The molecule has 0 spiro atoms. The molecule has 99 valence electrons. The van der Waals surface area contributed by atoms with E-state index in [0.717, 1.165) is 11.5 Å². The third-order valence-corrected chi connectivity index (χ3v) is 7.10. The molecule has 0 bridgehead atoms. The van der Waals surface area contributed by atoms with Crippen LogP contribution in [0.3, 0.4) is 0 Å². The second-order valence-electron chi connectivity index (χ2n) is 6.67. The molecular formula is C16H31Si. The topological polar surface area (TPSA) is 0 Å². The van der Waals surface area contributed by atoms with E-state index >= 15 is 0 Å². The maximum absolute atomic E-state index is 2.59. The summed E-state index contributed by atoms with van der Waals surface area (Å²) in [5.41, 5.74) is 1.02. The first-order valence-electron chi connectivity index (χ1n) is 7.54. The molecule has 1 rings (SSSR count). The van der Waals surface area contributed by atoms with Crippen LogP contribution < -0.4 is 0 Å². The largest absolute Gasteiger partial charge is 0.0885 e. The summed E-state index contributed by atoms with van der Waals surface area (Å²) in [6.07, 6.45) is 17.2. The summed E-state index contributed by atoms with van der Waals surface area (Å²) in [6, 6.07) is 0. The molecule has 2 unspecified atom stereocenters. The van der Waals surface area contributed by atoms with Crippen LogP contribution in [0.2, 0.25) is 25.2 Å². The fraction of sp³-hybridized carbons (Fsp3) is 0.812. The van der Waals surface area contributed by atoms with Gasteiger partial charge in [0, 0.05) is 8.07 Å². The van der Waals surface area contributed by atoms with E-state index in [1.165, 1.54) is 44.9 Å². The van der Waals surface area contributed by atoms with Crippen molar-refractivity contribution in [3.8, 4) is 0 Å². The van der Waals surface area contributed by atoms with Gasteiger partial charge in [0.1, 0.15) is 0 Å². The summed E-state index contributed by atoms with van der Waals surface area (Å²) < 4.78 is 0. The van der Waals surface area contributed by atoms with Gasteiger partial charge in [-0.25, -0.2) is 0 Å². The van der Waals surface area contributed by atoms with E-state index < -0.39 is 8.07 Å². The van der Waals surface area contributed by atoms with Gasteiger partial charge in [0.2, 0.25) is 0 Å². The van der Waals surface area contributed by atoms with Gasteiger partial charge in [-0.2, -0.15) is 0 Å². The van der Waals surface area contributed by atoms with Crippen LogP contribution in [-0.4, -0.2) is 8.07 Å². The molecular weight excluding hydrogens is 220 g/mol. The molecule has 0 aromatic rings. The Morgan fingerprint density at radius 3 is 2.59 bits per heavy atom. The van der Waals surface area contributed by atoms with Crippen LogP contribution in [0.5, 0.6) is 0 Å². The van der Waals surface area contributed by atoms with Gasteiger partial charge in [-0.15, -0.1) is 0 Å². The van der Waals surface area contributed by atoms with Gasteiger partial charge < -0.3 is 0 Å². The molecule has 1 heteroatoms. The standard InChI is InChI=1S/C16H31Si/c1-5-6-11-15-12-9-7-8-10-13-16(14-15)17(2,3)4/h6,11-12,15-16H,5,7-10,13-14H2,1-4H3/b11-6+. The first-order valence-corrected chi connectivity index (χ1v) is 11.1. The zero-order valence-corrected chi connectivity index (χ0v) is 13.3. The van der Waals surface area contributed by atoms with Gasteiger partial charge >= 0.3 is 0 Å². The minimum Gasteiger partial charge on any atom is -0.0885 e. The van der Waals surface area contributed by atoms with Crippen molar-refractivity contribution in [2.45, 2.75) is 77.1 Å². The molecule has 0 amide bonds. The Bertz CT molecular complexity index is 224. The summed E-state index contributed by atoms with van der Waals surface area (Å²) in [4.78, 5) is 0. The highest BCUT2D eigenvalue weighted by atomic mass is 28.3. The van der Waals surface area contributed by atoms with Crippen LogP contribution in [0.15, 0.2) is 12.2 Å². The van der Waals surface area contributed by atoms with Crippen LogP contribution in [-0.2, 0) is 0 Å². The van der Waals surface area contributed by atoms with Crippen molar-refractivity contribution < 1.29 is 0 Å². The first-order chi connectivity index (χ1) is 8.04. The lowest BCUT2D eigenvalue weighted by molar-refractivity contribution is 0.570. The molecule has 1 saturated carbocycles. The summed E-state index contributed by atoms with van der Waals surface area (Å²) in [7, 11) is -0.968. The van der Waals surface area contributed by atoms with Crippen LogP contribution in [0.1, 0.15) is 51.9 Å². The Labute approximate surface area is 110 Å². The predicted molar refractivity (Wildman–Crippen MR) is 82.0 cm³/mol. The van der Waals surface area contributed by atoms with Crippen molar-refractivity contribution in [3.05, 3.63) is 18.6 Å². The SMILES string of the molecule is CC/C=C/C1[CH]CCCCCC([Si](C)(C)C)C1. The number of hydrogen-bond donors (Lipinski definition) is 0. The van der Waals surface area contributed by atoms with Crippen molar-refractivity contribution in [1.82, 2.24) is 0 Å². The fourth-order valence-corrected chi connectivity index (χ4v) is 4.89. The maximum atomic E-state index is 2.59. The van der Waals surface area contributed by atoms with Crippen molar-refractivity contribution in [2.75, 3.05) is 0 Å². The molecule has 17 heavy (non-hydrogen) atoms. The first kappa shape index (κ1) is 15.0. The Kier molecular flexibility index (Phi) is 6.54. The van der Waals surface area contributed by atoms with E-state index in [0.29, 0.717) is 0 Å². The molecule has 1 fully saturated rings. The second-order valence-corrected chi connectivity index (χ2v) is 12.2. The van der Waals surface area contributed by atoms with E-state index in [1.54, 1.807) is 0 Å². The van der Waals surface area contributed by atoms with Crippen LogP contribution in [0.25, 0.3) is 0 Å². The molecule has 1 aliphatic carbocycles. The zero-order valence-electron chi connectivity index (χ0n) is 12.3. The third-order valence-electron chi connectivity index (χ3n) is 4.13. The highest BCUT2D eigenvalue weighted by Crippen LogP contribution is 2.37. The van der Waals surface area contributed by atoms with Crippen LogP contribution >= 0.6 is 0 Å². The number of rotatable bonds is 3. The lowest BCUT2D eigenvalue weighted by atomic mass is 9.96. The summed E-state index contributed by atoms with van der Waals surface area (Å²) in [5.74, 6) is 0.754. The van der Waals surface area contributed by atoms with E-state index in [4.69, 9.17) is 0 Å². The molecule has 0 heterocycles. The monoisotopic (exact) mass is 251 g/mol. The molecule has 0 saturated heterocycles. The van der Waals surface area contributed by atoms with Crippen molar-refractivity contribution in [2.24, 2.45) is 5.92 Å². The van der Waals surface area contributed by atoms with Gasteiger partial charge in [-0.3, -0.25) is 0 Å². The van der Waals surface area contributed by atoms with Crippen molar-refractivity contribution in [3.63, 3.8) is 0 Å². The molecule has 0 aromatic carbocycles. The van der Waals surface area contributed by atoms with Crippen LogP contribution in [0.4, 0.5) is 0 Å². The van der Waals surface area contributed by atoms with Gasteiger partial charge in [0.15, 0.2) is 0 Å². The number of hydrogen-bond acceptors (Lipinski definition) is 0. The Morgan fingerprint density at radius 2 is 1.94 bits per heavy atom. The molecule has 0 N–H and O–H groups in total. The fourth-order valence-electron chi connectivity index (χ4n) is 2.84. The number of allylic oxidation sites excluding steroid dienone is 2. The third kappa shape index (κ3) is 5.90. The Balaban J connectivity index is 2.65. The quantitative estimate of drug-likeness (QED) is 0.437. The molecule has 0 aliphatic heterocycles. The summed E-state index contributed by atoms with van der Waals surface area (Å²) in [6.45, 7) is 9.89. The average molecular weight is 252 g/mol. The van der Waals surface area contributed by atoms with Gasteiger partial charge in [-0.05, 0) is 37.1 Å². The van der Waals surface area contributed by atoms with Crippen molar-refractivity contribution >= 4 is 8.07 Å². The van der Waals surface area contributed by atoms with Gasteiger partial charge in [-0.1, -0.05) is 64.4 Å². The van der Waals surface area contributed by atoms with Gasteiger partial charge in [0.05, 0.1) is 0 Å².